The van der Waals surface area contributed by atoms with Crippen LogP contribution in [0.1, 0.15) is 13.8 Å². The van der Waals surface area contributed by atoms with Gasteiger partial charge in [0.15, 0.2) is 0 Å². The van der Waals surface area contributed by atoms with Crippen molar-refractivity contribution in [2.24, 2.45) is 5.92 Å². The summed E-state index contributed by atoms with van der Waals surface area (Å²) in [6.45, 7) is 8.40. The summed E-state index contributed by atoms with van der Waals surface area (Å²) in [6.07, 6.45) is 0. The molecule has 0 aromatic rings. The summed E-state index contributed by atoms with van der Waals surface area (Å²) in [5.74, 6) is 0.853. The Bertz CT molecular complexity index is 94.4. The topological polar surface area (TPSA) is 0 Å². The van der Waals surface area contributed by atoms with Crippen LogP contribution in [-0.4, -0.2) is 5.66 Å². The van der Waals surface area contributed by atoms with Crippen molar-refractivity contribution in [2.75, 3.05) is 0 Å². The predicted octanol–water partition coefficient (Wildman–Crippen LogP) is 2.22. The lowest BCUT2D eigenvalue weighted by molar-refractivity contribution is 0.698. The van der Waals surface area contributed by atoms with E-state index in [0.717, 1.165) is 20.2 Å². The van der Waals surface area contributed by atoms with Crippen molar-refractivity contribution < 1.29 is 0 Å². The summed E-state index contributed by atoms with van der Waals surface area (Å²) in [5.41, 5.74) is 0.903. The molecule has 1 aliphatic heterocycles. The van der Waals surface area contributed by atoms with Gasteiger partial charge in [-0.3, -0.25) is 0 Å². The van der Waals surface area contributed by atoms with E-state index >= 15 is 0 Å². The van der Waals surface area contributed by atoms with Crippen molar-refractivity contribution in [3.63, 3.8) is 0 Å². The molecule has 2 unspecified atom stereocenters. The maximum atomic E-state index is 3.88. The fourth-order valence-corrected chi connectivity index (χ4v) is 1.71. The van der Waals surface area contributed by atoms with Crippen molar-refractivity contribution in [2.45, 2.75) is 19.5 Å². The van der Waals surface area contributed by atoms with Crippen LogP contribution in [0.2, 0.25) is 0 Å². The minimum Gasteiger partial charge on any atom is -0.0949 e. The Labute approximate surface area is 46.8 Å². The highest BCUT2D eigenvalue weighted by Gasteiger charge is 2.29. The van der Waals surface area contributed by atoms with E-state index in [1.165, 1.54) is 5.31 Å². The molecule has 0 aromatic carbocycles. The van der Waals surface area contributed by atoms with Gasteiger partial charge in [0, 0.05) is 5.66 Å². The Kier molecular flexibility index (Phi) is 1.21. The standard InChI is InChI=1S/C6H11P/c1-4(2)6-5(3)7-6/h4,6-7H,3H2,1-2H3. The van der Waals surface area contributed by atoms with Gasteiger partial charge in [0.1, 0.15) is 0 Å². The maximum Gasteiger partial charge on any atom is 0.00708 e. The molecular weight excluding hydrogens is 103 g/mol. The lowest BCUT2D eigenvalue weighted by Gasteiger charge is -1.93. The molecular formula is C6H11P. The minimum absolute atomic E-state index is 0.853. The number of rotatable bonds is 1. The number of hydrogen-bond acceptors (Lipinski definition) is 0. The molecule has 0 saturated carbocycles. The van der Waals surface area contributed by atoms with Crippen molar-refractivity contribution >= 4 is 8.58 Å². The molecule has 1 saturated heterocycles. The van der Waals surface area contributed by atoms with Crippen LogP contribution in [0, 0.1) is 5.92 Å². The molecule has 1 rings (SSSR count). The van der Waals surface area contributed by atoms with Crippen LogP contribution in [0.4, 0.5) is 0 Å². The van der Waals surface area contributed by atoms with E-state index in [9.17, 15) is 0 Å². The quantitative estimate of drug-likeness (QED) is 0.458. The summed E-state index contributed by atoms with van der Waals surface area (Å²) >= 11 is 0. The van der Waals surface area contributed by atoms with Crippen LogP contribution in [0.15, 0.2) is 11.9 Å². The molecule has 0 spiro atoms. The highest BCUT2D eigenvalue weighted by molar-refractivity contribution is 7.54. The molecule has 7 heavy (non-hydrogen) atoms. The average Bonchev–Trinajstić information content (AvgIpc) is 2.17. The van der Waals surface area contributed by atoms with E-state index in [1.807, 2.05) is 0 Å². The van der Waals surface area contributed by atoms with E-state index < -0.39 is 0 Å². The van der Waals surface area contributed by atoms with Crippen LogP contribution >= 0.6 is 8.58 Å². The third-order valence-corrected chi connectivity index (χ3v) is 3.00. The van der Waals surface area contributed by atoms with Crippen LogP contribution in [0.25, 0.3) is 0 Å². The van der Waals surface area contributed by atoms with Crippen LogP contribution < -0.4 is 0 Å². The largest absolute Gasteiger partial charge is 0.0949 e. The molecule has 40 valence electrons. The van der Waals surface area contributed by atoms with Gasteiger partial charge in [-0.15, -0.1) is 0 Å². The summed E-state index contributed by atoms with van der Waals surface area (Å²) in [4.78, 5) is 0. The Morgan fingerprint density at radius 3 is 2.14 bits per heavy atom. The monoisotopic (exact) mass is 114 g/mol. The van der Waals surface area contributed by atoms with E-state index in [-0.39, 0.29) is 0 Å². The van der Waals surface area contributed by atoms with Crippen molar-refractivity contribution in [3.05, 3.63) is 11.9 Å². The average molecular weight is 114 g/mol. The molecule has 1 aliphatic rings. The molecule has 0 aromatic heterocycles. The van der Waals surface area contributed by atoms with Gasteiger partial charge in [0.25, 0.3) is 0 Å². The number of allylic oxidation sites excluding steroid dienone is 1. The first kappa shape index (κ1) is 5.31. The SMILES string of the molecule is C=C1PC1C(C)C. The first-order chi connectivity index (χ1) is 3.22. The molecule has 0 bridgehead atoms. The summed E-state index contributed by atoms with van der Waals surface area (Å²) in [6, 6.07) is 0. The molecule has 0 amide bonds. The Morgan fingerprint density at radius 2 is 2.14 bits per heavy atom. The van der Waals surface area contributed by atoms with Gasteiger partial charge in [-0.1, -0.05) is 29.0 Å². The van der Waals surface area contributed by atoms with E-state index in [0.29, 0.717) is 0 Å². The second-order valence-electron chi connectivity index (χ2n) is 2.39. The van der Waals surface area contributed by atoms with Crippen molar-refractivity contribution in [1.82, 2.24) is 0 Å². The van der Waals surface area contributed by atoms with Gasteiger partial charge in [-0.25, -0.2) is 0 Å². The number of hydrogen-bond donors (Lipinski definition) is 0. The van der Waals surface area contributed by atoms with Gasteiger partial charge in [-0.2, -0.15) is 0 Å². The fraction of sp³-hybridized carbons (Fsp3) is 0.667. The molecule has 1 fully saturated rings. The Hall–Kier alpha value is 0.170. The van der Waals surface area contributed by atoms with E-state index in [1.54, 1.807) is 0 Å². The lowest BCUT2D eigenvalue weighted by atomic mass is 10.1. The molecule has 0 radical (unpaired) electrons. The van der Waals surface area contributed by atoms with Gasteiger partial charge in [0.2, 0.25) is 0 Å². The highest BCUT2D eigenvalue weighted by Crippen LogP contribution is 2.55. The molecule has 1 heterocycles. The van der Waals surface area contributed by atoms with Crippen LogP contribution in [0.3, 0.4) is 0 Å². The zero-order valence-corrected chi connectivity index (χ0v) is 5.86. The van der Waals surface area contributed by atoms with Gasteiger partial charge in [0.05, 0.1) is 0 Å². The van der Waals surface area contributed by atoms with Gasteiger partial charge < -0.3 is 0 Å². The lowest BCUT2D eigenvalue weighted by Crippen LogP contribution is -1.91. The van der Waals surface area contributed by atoms with Crippen molar-refractivity contribution in [3.8, 4) is 0 Å². The van der Waals surface area contributed by atoms with Crippen molar-refractivity contribution in [1.29, 1.82) is 0 Å². The van der Waals surface area contributed by atoms with E-state index in [4.69, 9.17) is 0 Å². The Morgan fingerprint density at radius 1 is 1.71 bits per heavy atom. The first-order valence-corrected chi connectivity index (χ1v) is 3.75. The molecule has 2 atom stereocenters. The van der Waals surface area contributed by atoms with Gasteiger partial charge in [-0.05, 0) is 11.2 Å². The zero-order valence-electron chi connectivity index (χ0n) is 4.86. The van der Waals surface area contributed by atoms with Crippen LogP contribution in [-0.2, 0) is 0 Å². The van der Waals surface area contributed by atoms with Crippen LogP contribution in [0.5, 0.6) is 0 Å². The first-order valence-electron chi connectivity index (χ1n) is 2.67. The highest BCUT2D eigenvalue weighted by atomic mass is 31.1. The second-order valence-corrected chi connectivity index (χ2v) is 3.94. The second kappa shape index (κ2) is 1.59. The summed E-state index contributed by atoms with van der Waals surface area (Å²) in [5, 5.41) is 1.48. The molecule has 0 nitrogen and oxygen atoms in total. The molecule has 0 aliphatic carbocycles. The normalized spacial score (nSPS) is 32.4. The maximum absolute atomic E-state index is 3.88. The molecule has 0 N–H and O–H groups in total. The van der Waals surface area contributed by atoms with Gasteiger partial charge >= 0.3 is 0 Å². The Balaban J connectivity index is 2.33. The predicted molar refractivity (Wildman–Crippen MR) is 36.1 cm³/mol. The third-order valence-electron chi connectivity index (χ3n) is 1.30. The smallest absolute Gasteiger partial charge is 0.00708 e. The minimum atomic E-state index is 0.853. The summed E-state index contributed by atoms with van der Waals surface area (Å²) in [7, 11) is 1.08. The molecule has 1 heteroatoms. The fourth-order valence-electron chi connectivity index (χ4n) is 0.727. The van der Waals surface area contributed by atoms with E-state index in [2.05, 4.69) is 20.4 Å². The zero-order chi connectivity index (χ0) is 5.44. The third kappa shape index (κ3) is 1.04. The summed E-state index contributed by atoms with van der Waals surface area (Å²) < 4.78 is 0.